The number of nitrogens with one attached hydrogen (secondary N) is 1. The minimum Gasteiger partial charge on any atom is -0.368 e. The first-order chi connectivity index (χ1) is 9.25. The predicted octanol–water partition coefficient (Wildman–Crippen LogP) is 0.927. The molecule has 2 aliphatic rings. The molecular formula is C14H19FN4. The first kappa shape index (κ1) is 12.4. The van der Waals surface area contributed by atoms with E-state index in [2.05, 4.69) is 27.2 Å². The van der Waals surface area contributed by atoms with Crippen LogP contribution in [0.1, 0.15) is 5.56 Å². The van der Waals surface area contributed by atoms with E-state index in [0.717, 1.165) is 45.0 Å². The van der Waals surface area contributed by atoms with Crippen molar-refractivity contribution >= 4 is 11.5 Å². The molecule has 0 spiro atoms. The molecule has 0 aromatic heterocycles. The molecule has 0 radical (unpaired) electrons. The van der Waals surface area contributed by atoms with E-state index in [1.54, 1.807) is 6.07 Å². The molecule has 5 heteroatoms. The van der Waals surface area contributed by atoms with Crippen LogP contribution in [-0.4, -0.2) is 57.1 Å². The van der Waals surface area contributed by atoms with Crippen LogP contribution in [0.2, 0.25) is 0 Å². The molecule has 4 nitrogen and oxygen atoms in total. The molecule has 1 saturated heterocycles. The van der Waals surface area contributed by atoms with Crippen molar-refractivity contribution in [2.24, 2.45) is 4.99 Å². The summed E-state index contributed by atoms with van der Waals surface area (Å²) < 4.78 is 14.2. The molecule has 0 bridgehead atoms. The van der Waals surface area contributed by atoms with Crippen molar-refractivity contribution < 1.29 is 4.39 Å². The maximum Gasteiger partial charge on any atom is 0.136 e. The van der Waals surface area contributed by atoms with Gasteiger partial charge in [-0.2, -0.15) is 0 Å². The first-order valence-corrected chi connectivity index (χ1v) is 6.76. The lowest BCUT2D eigenvalue weighted by atomic mass is 10.1. The molecule has 19 heavy (non-hydrogen) atoms. The molecule has 1 fully saturated rings. The van der Waals surface area contributed by atoms with Crippen molar-refractivity contribution in [1.82, 2.24) is 10.2 Å². The monoisotopic (exact) mass is 262 g/mol. The summed E-state index contributed by atoms with van der Waals surface area (Å²) in [6.07, 6.45) is 0. The van der Waals surface area contributed by atoms with Crippen molar-refractivity contribution in [1.29, 1.82) is 0 Å². The standard InChI is InChI=1S/C14H19FN4/c1-18-7-9-19(10-8-18)12-4-2-3-11(15)13(12)14-16-5-6-17-14/h2-4H,5-10H2,1H3,(H,16,17). The van der Waals surface area contributed by atoms with Crippen molar-refractivity contribution in [3.63, 3.8) is 0 Å². The van der Waals surface area contributed by atoms with Crippen LogP contribution in [0, 0.1) is 5.82 Å². The zero-order valence-corrected chi connectivity index (χ0v) is 11.2. The molecule has 0 amide bonds. The van der Waals surface area contributed by atoms with Crippen molar-refractivity contribution in [2.75, 3.05) is 51.2 Å². The fraction of sp³-hybridized carbons (Fsp3) is 0.500. The Morgan fingerprint density at radius 1 is 1.21 bits per heavy atom. The number of benzene rings is 1. The summed E-state index contributed by atoms with van der Waals surface area (Å²) in [7, 11) is 2.12. The summed E-state index contributed by atoms with van der Waals surface area (Å²) in [5.41, 5.74) is 1.59. The van der Waals surface area contributed by atoms with Crippen LogP contribution in [0.5, 0.6) is 0 Å². The van der Waals surface area contributed by atoms with Crippen LogP contribution in [0.25, 0.3) is 0 Å². The number of aliphatic imine (C=N–C) groups is 1. The largest absolute Gasteiger partial charge is 0.368 e. The molecule has 0 saturated carbocycles. The zero-order chi connectivity index (χ0) is 13.2. The second kappa shape index (κ2) is 5.17. The van der Waals surface area contributed by atoms with Crippen LogP contribution < -0.4 is 10.2 Å². The molecule has 3 rings (SSSR count). The quantitative estimate of drug-likeness (QED) is 0.860. The Labute approximate surface area is 112 Å². The fourth-order valence-electron chi connectivity index (χ4n) is 2.62. The molecule has 1 N–H and O–H groups in total. The van der Waals surface area contributed by atoms with Gasteiger partial charge >= 0.3 is 0 Å². The summed E-state index contributed by atoms with van der Waals surface area (Å²) in [6.45, 7) is 5.41. The summed E-state index contributed by atoms with van der Waals surface area (Å²) in [4.78, 5) is 8.91. The van der Waals surface area contributed by atoms with E-state index < -0.39 is 0 Å². The van der Waals surface area contributed by atoms with Gasteiger partial charge in [0.15, 0.2) is 0 Å². The lowest BCUT2D eigenvalue weighted by Crippen LogP contribution is -2.45. The van der Waals surface area contributed by atoms with Gasteiger partial charge in [-0.15, -0.1) is 0 Å². The Balaban J connectivity index is 1.94. The van der Waals surface area contributed by atoms with Gasteiger partial charge < -0.3 is 15.1 Å². The van der Waals surface area contributed by atoms with Gasteiger partial charge in [0.25, 0.3) is 0 Å². The third kappa shape index (κ3) is 2.42. The highest BCUT2D eigenvalue weighted by Gasteiger charge is 2.22. The average Bonchev–Trinajstić information content (AvgIpc) is 2.93. The zero-order valence-electron chi connectivity index (χ0n) is 11.2. The summed E-state index contributed by atoms with van der Waals surface area (Å²) in [5, 5.41) is 3.17. The molecule has 1 aromatic rings. The Hall–Kier alpha value is -1.62. The highest BCUT2D eigenvalue weighted by molar-refractivity contribution is 6.04. The maximum absolute atomic E-state index is 14.2. The molecule has 2 aliphatic heterocycles. The first-order valence-electron chi connectivity index (χ1n) is 6.76. The van der Waals surface area contributed by atoms with Crippen LogP contribution in [0.4, 0.5) is 10.1 Å². The number of amidine groups is 1. The van der Waals surface area contributed by atoms with Gasteiger partial charge in [0, 0.05) is 32.7 Å². The molecular weight excluding hydrogens is 243 g/mol. The fourth-order valence-corrected chi connectivity index (χ4v) is 2.62. The highest BCUT2D eigenvalue weighted by atomic mass is 19.1. The van der Waals surface area contributed by atoms with E-state index in [1.807, 2.05) is 6.07 Å². The Morgan fingerprint density at radius 3 is 2.68 bits per heavy atom. The van der Waals surface area contributed by atoms with E-state index in [9.17, 15) is 4.39 Å². The van der Waals surface area contributed by atoms with E-state index in [0.29, 0.717) is 11.4 Å². The second-order valence-corrected chi connectivity index (χ2v) is 5.08. The molecule has 2 heterocycles. The second-order valence-electron chi connectivity index (χ2n) is 5.08. The number of piperazine rings is 1. The van der Waals surface area contributed by atoms with E-state index >= 15 is 0 Å². The van der Waals surface area contributed by atoms with E-state index in [-0.39, 0.29) is 5.82 Å². The van der Waals surface area contributed by atoms with E-state index in [4.69, 9.17) is 0 Å². The number of halogens is 1. The minimum atomic E-state index is -0.190. The number of hydrogen-bond acceptors (Lipinski definition) is 4. The number of nitrogens with zero attached hydrogens (tertiary/aromatic N) is 3. The van der Waals surface area contributed by atoms with Crippen LogP contribution in [0.3, 0.4) is 0 Å². The van der Waals surface area contributed by atoms with Gasteiger partial charge in [-0.1, -0.05) is 6.07 Å². The third-order valence-electron chi connectivity index (χ3n) is 3.75. The van der Waals surface area contributed by atoms with Crippen LogP contribution in [0.15, 0.2) is 23.2 Å². The molecule has 0 aliphatic carbocycles. The van der Waals surface area contributed by atoms with Crippen molar-refractivity contribution in [3.05, 3.63) is 29.6 Å². The van der Waals surface area contributed by atoms with Gasteiger partial charge in [0.1, 0.15) is 11.7 Å². The third-order valence-corrected chi connectivity index (χ3v) is 3.75. The maximum atomic E-state index is 14.2. The molecule has 0 unspecified atom stereocenters. The topological polar surface area (TPSA) is 30.9 Å². The van der Waals surface area contributed by atoms with Gasteiger partial charge in [-0.25, -0.2) is 4.39 Å². The smallest absolute Gasteiger partial charge is 0.136 e. The van der Waals surface area contributed by atoms with Crippen molar-refractivity contribution in [3.8, 4) is 0 Å². The van der Waals surface area contributed by atoms with Gasteiger partial charge in [0.05, 0.1) is 17.8 Å². The molecule has 1 aromatic carbocycles. The van der Waals surface area contributed by atoms with Crippen LogP contribution >= 0.6 is 0 Å². The normalized spacial score (nSPS) is 20.3. The van der Waals surface area contributed by atoms with Crippen LogP contribution in [-0.2, 0) is 0 Å². The lowest BCUT2D eigenvalue weighted by Gasteiger charge is -2.35. The van der Waals surface area contributed by atoms with Gasteiger partial charge in [-0.05, 0) is 19.2 Å². The highest BCUT2D eigenvalue weighted by Crippen LogP contribution is 2.25. The molecule has 102 valence electrons. The van der Waals surface area contributed by atoms with Gasteiger partial charge in [0.2, 0.25) is 0 Å². The summed E-state index contributed by atoms with van der Waals surface area (Å²) in [6, 6.07) is 5.28. The Kier molecular flexibility index (Phi) is 3.38. The number of likely N-dealkylation sites (N-methyl/N-ethyl adjacent to an activating group) is 1. The Bertz CT molecular complexity index is 492. The summed E-state index contributed by atoms with van der Waals surface area (Å²) >= 11 is 0. The average molecular weight is 262 g/mol. The van der Waals surface area contributed by atoms with Crippen molar-refractivity contribution in [2.45, 2.75) is 0 Å². The number of anilines is 1. The Morgan fingerprint density at radius 2 is 2.00 bits per heavy atom. The SMILES string of the molecule is CN1CCN(c2cccc(F)c2C2=NCCN2)CC1. The number of hydrogen-bond donors (Lipinski definition) is 1. The number of rotatable bonds is 2. The minimum absolute atomic E-state index is 0.190. The van der Waals surface area contributed by atoms with Gasteiger partial charge in [-0.3, -0.25) is 4.99 Å². The molecule has 0 atom stereocenters. The lowest BCUT2D eigenvalue weighted by molar-refractivity contribution is 0.312. The summed E-state index contributed by atoms with van der Waals surface area (Å²) in [5.74, 6) is 0.511. The van der Waals surface area contributed by atoms with E-state index in [1.165, 1.54) is 6.07 Å². The predicted molar refractivity (Wildman–Crippen MR) is 75.5 cm³/mol.